The highest BCUT2D eigenvalue weighted by molar-refractivity contribution is 5.71. The van der Waals surface area contributed by atoms with Gasteiger partial charge in [0.15, 0.2) is 0 Å². The lowest BCUT2D eigenvalue weighted by Gasteiger charge is -2.28. The maximum absolute atomic E-state index is 11.0. The summed E-state index contributed by atoms with van der Waals surface area (Å²) in [6, 6.07) is 17.9. The fourth-order valence-corrected chi connectivity index (χ4v) is 2.46. The van der Waals surface area contributed by atoms with Gasteiger partial charge in [0, 0.05) is 5.41 Å². The number of hydrogen-bond acceptors (Lipinski definition) is 1. The van der Waals surface area contributed by atoms with Gasteiger partial charge >= 0.3 is 5.97 Å². The molecule has 0 saturated heterocycles. The van der Waals surface area contributed by atoms with Crippen LogP contribution in [0.25, 0.3) is 0 Å². The van der Waals surface area contributed by atoms with E-state index >= 15 is 0 Å². The molecule has 2 aromatic rings. The average Bonchev–Trinajstić information content (AvgIpc) is 2.39. The molecule has 0 aliphatic rings. The fourth-order valence-electron chi connectivity index (χ4n) is 2.46. The molecular formula is C17H18O2. The average molecular weight is 254 g/mol. The Balaban J connectivity index is 2.49. The Kier molecular flexibility index (Phi) is 3.70. The molecule has 19 heavy (non-hydrogen) atoms. The summed E-state index contributed by atoms with van der Waals surface area (Å²) < 4.78 is 0. The summed E-state index contributed by atoms with van der Waals surface area (Å²) in [7, 11) is 0. The lowest BCUT2D eigenvalue weighted by Crippen LogP contribution is -2.21. The number of carboxylic acid groups (broad SMARTS) is 1. The molecule has 0 amide bonds. The first-order valence-electron chi connectivity index (χ1n) is 6.37. The third kappa shape index (κ3) is 2.84. The van der Waals surface area contributed by atoms with Crippen molar-refractivity contribution in [3.63, 3.8) is 0 Å². The number of benzene rings is 2. The Morgan fingerprint density at radius 2 is 1.58 bits per heavy atom. The van der Waals surface area contributed by atoms with E-state index in [9.17, 15) is 4.79 Å². The molecule has 0 saturated carbocycles. The monoisotopic (exact) mass is 254 g/mol. The van der Waals surface area contributed by atoms with Crippen molar-refractivity contribution in [1.29, 1.82) is 0 Å². The zero-order chi connectivity index (χ0) is 13.9. The van der Waals surface area contributed by atoms with E-state index in [1.165, 1.54) is 5.56 Å². The molecular weight excluding hydrogens is 236 g/mol. The molecule has 2 aromatic carbocycles. The number of hydrogen-bond donors (Lipinski definition) is 1. The predicted molar refractivity (Wildman–Crippen MR) is 76.4 cm³/mol. The van der Waals surface area contributed by atoms with E-state index in [1.54, 1.807) is 0 Å². The number of carbonyl (C=O) groups is 1. The Morgan fingerprint density at radius 1 is 1.00 bits per heavy atom. The highest BCUT2D eigenvalue weighted by Gasteiger charge is 2.25. The van der Waals surface area contributed by atoms with E-state index < -0.39 is 5.97 Å². The molecule has 0 radical (unpaired) electrons. The summed E-state index contributed by atoms with van der Waals surface area (Å²) >= 11 is 0. The molecule has 0 heterocycles. The van der Waals surface area contributed by atoms with Crippen molar-refractivity contribution >= 4 is 5.97 Å². The summed E-state index contributed by atoms with van der Waals surface area (Å²) in [5, 5.41) is 9.03. The van der Waals surface area contributed by atoms with E-state index in [-0.39, 0.29) is 11.8 Å². The normalized spacial score (nSPS) is 11.3. The van der Waals surface area contributed by atoms with E-state index in [4.69, 9.17) is 5.11 Å². The molecule has 0 unspecified atom stereocenters. The standard InChI is InChI=1S/C17H18O2/c1-17(2,14-9-4-3-5-10-14)15-11-7-6-8-13(15)12-16(18)19/h3-11H,12H2,1-2H3,(H,18,19). The summed E-state index contributed by atoms with van der Waals surface area (Å²) in [4.78, 5) is 11.0. The molecule has 2 nitrogen and oxygen atoms in total. The SMILES string of the molecule is CC(C)(c1ccccc1)c1ccccc1CC(=O)O. The van der Waals surface area contributed by atoms with Crippen LogP contribution >= 0.6 is 0 Å². The van der Waals surface area contributed by atoms with Crippen LogP contribution in [-0.2, 0) is 16.6 Å². The van der Waals surface area contributed by atoms with Gasteiger partial charge in [-0.15, -0.1) is 0 Å². The minimum absolute atomic E-state index is 0.0619. The Hall–Kier alpha value is -2.09. The van der Waals surface area contributed by atoms with Crippen LogP contribution in [0.4, 0.5) is 0 Å². The molecule has 0 aliphatic carbocycles. The predicted octanol–water partition coefficient (Wildman–Crippen LogP) is 3.64. The van der Waals surface area contributed by atoms with Gasteiger partial charge in [0.25, 0.3) is 0 Å². The van der Waals surface area contributed by atoms with Crippen molar-refractivity contribution in [1.82, 2.24) is 0 Å². The first-order chi connectivity index (χ1) is 9.01. The van der Waals surface area contributed by atoms with Crippen LogP contribution < -0.4 is 0 Å². The zero-order valence-corrected chi connectivity index (χ0v) is 11.3. The molecule has 0 aromatic heterocycles. The molecule has 0 aliphatic heterocycles. The lowest BCUT2D eigenvalue weighted by molar-refractivity contribution is -0.136. The van der Waals surface area contributed by atoms with Crippen molar-refractivity contribution in [2.24, 2.45) is 0 Å². The van der Waals surface area contributed by atoms with Gasteiger partial charge < -0.3 is 5.11 Å². The third-order valence-corrected chi connectivity index (χ3v) is 3.53. The molecule has 1 N–H and O–H groups in total. The van der Waals surface area contributed by atoms with Crippen LogP contribution in [0.1, 0.15) is 30.5 Å². The maximum atomic E-state index is 11.0. The van der Waals surface area contributed by atoms with Gasteiger partial charge in [-0.05, 0) is 16.7 Å². The van der Waals surface area contributed by atoms with Gasteiger partial charge in [-0.2, -0.15) is 0 Å². The molecule has 0 fully saturated rings. The van der Waals surface area contributed by atoms with Gasteiger partial charge in [0.1, 0.15) is 0 Å². The van der Waals surface area contributed by atoms with E-state index in [0.29, 0.717) is 0 Å². The second-order valence-electron chi connectivity index (χ2n) is 5.22. The van der Waals surface area contributed by atoms with E-state index in [2.05, 4.69) is 26.0 Å². The maximum Gasteiger partial charge on any atom is 0.307 e. The molecule has 0 atom stereocenters. The van der Waals surface area contributed by atoms with Crippen molar-refractivity contribution in [3.8, 4) is 0 Å². The number of aliphatic carboxylic acids is 1. The zero-order valence-electron chi connectivity index (χ0n) is 11.3. The first kappa shape index (κ1) is 13.3. The Labute approximate surface area is 113 Å². The van der Waals surface area contributed by atoms with Gasteiger partial charge in [0.05, 0.1) is 6.42 Å². The van der Waals surface area contributed by atoms with Crippen LogP contribution in [0.15, 0.2) is 54.6 Å². The van der Waals surface area contributed by atoms with Crippen molar-refractivity contribution in [2.45, 2.75) is 25.7 Å². The smallest absolute Gasteiger partial charge is 0.307 e. The van der Waals surface area contributed by atoms with Crippen LogP contribution in [0, 0.1) is 0 Å². The second-order valence-corrected chi connectivity index (χ2v) is 5.22. The summed E-state index contributed by atoms with van der Waals surface area (Å²) in [5.41, 5.74) is 2.94. The highest BCUT2D eigenvalue weighted by Crippen LogP contribution is 2.33. The van der Waals surface area contributed by atoms with Crippen molar-refractivity contribution < 1.29 is 9.90 Å². The van der Waals surface area contributed by atoms with Gasteiger partial charge in [-0.3, -0.25) is 4.79 Å². The largest absolute Gasteiger partial charge is 0.481 e. The van der Waals surface area contributed by atoms with Crippen LogP contribution in [0.3, 0.4) is 0 Å². The quantitative estimate of drug-likeness (QED) is 0.904. The van der Waals surface area contributed by atoms with Crippen molar-refractivity contribution in [2.75, 3.05) is 0 Å². The van der Waals surface area contributed by atoms with Crippen molar-refractivity contribution in [3.05, 3.63) is 71.3 Å². The molecule has 98 valence electrons. The molecule has 0 spiro atoms. The van der Waals surface area contributed by atoms with Crippen LogP contribution in [0.5, 0.6) is 0 Å². The third-order valence-electron chi connectivity index (χ3n) is 3.53. The van der Waals surface area contributed by atoms with Crippen LogP contribution in [0.2, 0.25) is 0 Å². The second kappa shape index (κ2) is 5.27. The van der Waals surface area contributed by atoms with Gasteiger partial charge in [-0.1, -0.05) is 68.4 Å². The minimum Gasteiger partial charge on any atom is -0.481 e. The fraction of sp³-hybridized carbons (Fsp3) is 0.235. The lowest BCUT2D eigenvalue weighted by atomic mass is 9.75. The topological polar surface area (TPSA) is 37.3 Å². The molecule has 2 heteroatoms. The van der Waals surface area contributed by atoms with Gasteiger partial charge in [-0.25, -0.2) is 0 Å². The molecule has 0 bridgehead atoms. The Bertz CT molecular complexity index is 571. The number of rotatable bonds is 4. The van der Waals surface area contributed by atoms with Crippen LogP contribution in [-0.4, -0.2) is 11.1 Å². The summed E-state index contributed by atoms with van der Waals surface area (Å²) in [6.07, 6.45) is 0.0619. The highest BCUT2D eigenvalue weighted by atomic mass is 16.4. The van der Waals surface area contributed by atoms with Gasteiger partial charge in [0.2, 0.25) is 0 Å². The Morgan fingerprint density at radius 3 is 2.21 bits per heavy atom. The summed E-state index contributed by atoms with van der Waals surface area (Å²) in [6.45, 7) is 4.26. The minimum atomic E-state index is -0.795. The van der Waals surface area contributed by atoms with E-state index in [0.717, 1.165) is 11.1 Å². The summed E-state index contributed by atoms with van der Waals surface area (Å²) in [5.74, 6) is -0.795. The first-order valence-corrected chi connectivity index (χ1v) is 6.37. The molecule has 2 rings (SSSR count). The van der Waals surface area contributed by atoms with E-state index in [1.807, 2.05) is 42.5 Å². The number of carboxylic acids is 1.